The number of fused-ring (bicyclic) bond motifs is 3. The fourth-order valence-corrected chi connectivity index (χ4v) is 12.3. The van der Waals surface area contributed by atoms with Crippen molar-refractivity contribution in [3.05, 3.63) is 11.6 Å². The number of aldehydes is 1. The lowest BCUT2D eigenvalue weighted by Gasteiger charge is -2.71. The summed E-state index contributed by atoms with van der Waals surface area (Å²) in [4.78, 5) is 26.8. The molecule has 1 aromatic heterocycles. The summed E-state index contributed by atoms with van der Waals surface area (Å²) in [6.45, 7) is 24.7. The second-order valence-corrected chi connectivity index (χ2v) is 19.1. The smallest absolute Gasteiger partial charge is 0.260 e. The van der Waals surface area contributed by atoms with Crippen molar-refractivity contribution in [1.29, 1.82) is 0 Å². The van der Waals surface area contributed by atoms with Crippen LogP contribution in [0.5, 0.6) is 0 Å². The van der Waals surface area contributed by atoms with Gasteiger partial charge >= 0.3 is 0 Å². The number of anilines is 1. The van der Waals surface area contributed by atoms with Gasteiger partial charge in [0.25, 0.3) is 5.95 Å². The van der Waals surface area contributed by atoms with Crippen LogP contribution in [0.15, 0.2) is 11.6 Å². The molecule has 1 aliphatic heterocycles. The fourth-order valence-electron chi connectivity index (χ4n) is 12.3. The normalized spacial score (nSPS) is 42.9. The van der Waals surface area contributed by atoms with E-state index in [4.69, 9.17) is 20.9 Å². The van der Waals surface area contributed by atoms with Gasteiger partial charge in [-0.05, 0) is 96.5 Å². The minimum atomic E-state index is -0.491. The molecule has 11 nitrogen and oxygen atoms in total. The number of hydrogen-bond donors (Lipinski definition) is 3. The average Bonchev–Trinajstić information content (AvgIpc) is 3.49. The lowest BCUT2D eigenvalue weighted by molar-refractivity contribution is -0.253. The zero-order valence-electron chi connectivity index (χ0n) is 32.4. The van der Waals surface area contributed by atoms with Gasteiger partial charge in [0.2, 0.25) is 5.91 Å². The molecule has 0 radical (unpaired) electrons. The number of carbonyl (C=O) groups is 2. The molecule has 1 aromatic rings. The fraction of sp³-hybridized carbons (Fsp3) is 0.872. The van der Waals surface area contributed by atoms with Crippen LogP contribution in [0.2, 0.25) is 0 Å². The maximum atomic E-state index is 13.3. The molecule has 5 aliphatic rings. The molecular formula is C39H65N7O4. The van der Waals surface area contributed by atoms with Gasteiger partial charge in [-0.15, -0.1) is 5.10 Å². The van der Waals surface area contributed by atoms with Crippen molar-refractivity contribution in [2.45, 2.75) is 125 Å². The van der Waals surface area contributed by atoms with Gasteiger partial charge in [0.15, 0.2) is 0 Å². The number of nitrogens with zero attached hydrogens (tertiary/aromatic N) is 4. The first-order valence-electron chi connectivity index (χ1n) is 19.3. The van der Waals surface area contributed by atoms with Gasteiger partial charge in [-0.3, -0.25) is 4.79 Å². The number of primary amides is 1. The van der Waals surface area contributed by atoms with Gasteiger partial charge in [-0.25, -0.2) is 0 Å². The molecule has 11 heteroatoms. The third kappa shape index (κ3) is 5.33. The van der Waals surface area contributed by atoms with Gasteiger partial charge in [-0.1, -0.05) is 79.1 Å². The first-order valence-corrected chi connectivity index (χ1v) is 19.3. The van der Waals surface area contributed by atoms with Crippen molar-refractivity contribution in [2.24, 2.45) is 68.3 Å². The van der Waals surface area contributed by atoms with Gasteiger partial charge < -0.3 is 31.1 Å². The Hall–Kier alpha value is -2.37. The Kier molecular flexibility index (Phi) is 9.45. The van der Waals surface area contributed by atoms with Crippen molar-refractivity contribution >= 4 is 18.1 Å². The summed E-state index contributed by atoms with van der Waals surface area (Å²) in [6, 6.07) is -0.220. The van der Waals surface area contributed by atoms with E-state index in [-0.39, 0.29) is 63.5 Å². The number of carbonyl (C=O) groups excluding carboxylic acids is 2. The van der Waals surface area contributed by atoms with Crippen LogP contribution in [-0.2, 0) is 19.1 Å². The maximum Gasteiger partial charge on any atom is 0.260 e. The predicted octanol–water partition coefficient (Wildman–Crippen LogP) is 5.37. The molecule has 4 aliphatic carbocycles. The van der Waals surface area contributed by atoms with Crippen molar-refractivity contribution in [2.75, 3.05) is 32.1 Å². The lowest BCUT2D eigenvalue weighted by Crippen LogP contribution is -2.69. The Morgan fingerprint density at radius 3 is 2.46 bits per heavy atom. The molecule has 4 fully saturated rings. The van der Waals surface area contributed by atoms with Crippen LogP contribution >= 0.6 is 0 Å². The first kappa shape index (κ1) is 37.4. The molecule has 0 spiro atoms. The Morgan fingerprint density at radius 1 is 1.14 bits per heavy atom. The van der Waals surface area contributed by atoms with Crippen molar-refractivity contribution < 1.29 is 19.1 Å². The number of nitrogens with one attached hydrogen (secondary N) is 1. The zero-order valence-corrected chi connectivity index (χ0v) is 32.4. The van der Waals surface area contributed by atoms with E-state index >= 15 is 0 Å². The molecule has 1 amide bonds. The lowest BCUT2D eigenvalue weighted by atomic mass is 9.34. The summed E-state index contributed by atoms with van der Waals surface area (Å²) in [5.74, 6) is 1.58. The summed E-state index contributed by atoms with van der Waals surface area (Å²) in [5, 5.41) is 16.6. The van der Waals surface area contributed by atoms with E-state index in [1.165, 1.54) is 11.9 Å². The van der Waals surface area contributed by atoms with Crippen LogP contribution in [0.1, 0.15) is 114 Å². The number of hydrogen-bond acceptors (Lipinski definition) is 9. The molecule has 50 heavy (non-hydrogen) atoms. The third-order valence-electron chi connectivity index (χ3n) is 16.3. The number of nitrogen functional groups attached to an aromatic ring is 1. The highest BCUT2D eigenvalue weighted by Crippen LogP contribution is 2.75. The third-order valence-corrected chi connectivity index (χ3v) is 16.3. The molecule has 0 aromatic carbocycles. The summed E-state index contributed by atoms with van der Waals surface area (Å²) < 4.78 is 13.8. The van der Waals surface area contributed by atoms with E-state index in [1.807, 2.05) is 0 Å². The molecule has 2 bridgehead atoms. The van der Waals surface area contributed by atoms with Gasteiger partial charge in [-0.2, -0.15) is 4.80 Å². The van der Waals surface area contributed by atoms with E-state index in [0.717, 1.165) is 38.5 Å². The summed E-state index contributed by atoms with van der Waals surface area (Å²) in [5.41, 5.74) is 11.9. The molecule has 280 valence electrons. The van der Waals surface area contributed by atoms with Gasteiger partial charge in [0, 0.05) is 22.3 Å². The molecular weight excluding hydrogens is 630 g/mol. The van der Waals surface area contributed by atoms with Crippen LogP contribution < -0.4 is 16.8 Å². The molecule has 3 saturated carbocycles. The summed E-state index contributed by atoms with van der Waals surface area (Å²) in [7, 11) is 0. The van der Waals surface area contributed by atoms with Crippen molar-refractivity contribution in [1.82, 2.24) is 25.5 Å². The maximum absolute atomic E-state index is 13.3. The van der Waals surface area contributed by atoms with E-state index in [9.17, 15) is 9.59 Å². The number of nitrogens with two attached hydrogens (primary N) is 2. The highest BCUT2D eigenvalue weighted by atomic mass is 16.5. The Labute approximate surface area is 299 Å². The number of rotatable bonds is 11. The Balaban J connectivity index is 1.41. The zero-order chi connectivity index (χ0) is 36.7. The number of amides is 1. The van der Waals surface area contributed by atoms with Gasteiger partial charge in [0.1, 0.15) is 12.3 Å². The number of ether oxygens (including phenoxy) is 2. The predicted molar refractivity (Wildman–Crippen MR) is 193 cm³/mol. The van der Waals surface area contributed by atoms with Crippen LogP contribution in [0.25, 0.3) is 0 Å². The molecule has 12 atom stereocenters. The highest BCUT2D eigenvalue weighted by Gasteiger charge is 2.71. The topological polar surface area (TPSA) is 160 Å². The second-order valence-electron chi connectivity index (χ2n) is 19.1. The molecule has 2 heterocycles. The van der Waals surface area contributed by atoms with E-state index < -0.39 is 11.4 Å². The van der Waals surface area contributed by atoms with Gasteiger partial charge in [0.05, 0.1) is 32.5 Å². The Bertz CT molecular complexity index is 1500. The summed E-state index contributed by atoms with van der Waals surface area (Å²) in [6.07, 6.45) is 9.61. The number of tetrazole rings is 1. The van der Waals surface area contributed by atoms with Crippen LogP contribution in [0, 0.1) is 62.6 Å². The van der Waals surface area contributed by atoms with Crippen molar-refractivity contribution in [3.63, 3.8) is 0 Å². The number of allylic oxidation sites excluding steroid dienone is 1. The minimum Gasteiger partial charge on any atom is -0.380 e. The molecule has 1 saturated heterocycles. The van der Waals surface area contributed by atoms with E-state index in [1.54, 1.807) is 4.80 Å². The molecule has 5 N–H and O–H groups in total. The van der Waals surface area contributed by atoms with Crippen LogP contribution in [-0.4, -0.2) is 70.4 Å². The Morgan fingerprint density at radius 2 is 1.86 bits per heavy atom. The molecule has 6 rings (SSSR count). The van der Waals surface area contributed by atoms with Crippen LogP contribution in [0.4, 0.5) is 5.95 Å². The van der Waals surface area contributed by atoms with E-state index in [2.05, 4.69) is 96.0 Å². The van der Waals surface area contributed by atoms with E-state index in [0.29, 0.717) is 43.5 Å². The number of aromatic nitrogens is 4. The highest BCUT2D eigenvalue weighted by molar-refractivity contribution is 5.76. The van der Waals surface area contributed by atoms with Crippen molar-refractivity contribution in [3.8, 4) is 0 Å². The average molecular weight is 696 g/mol. The standard InChI is InChI=1S/C39H65N7O4/c1-23(2)25(5)34(6)15-16-36(8)26-11-12-29-35(7)20-49-22-39(29,27(26)13-14-37(36,9)30(34)19-47)17-28(46-44-33(41)43-45-46)32(35)50-21-38(10,24(3)4)42-18-31(40)48/h13,19,23-26,28-30,32,42H,11-12,14-18,20-22H2,1-10H3,(H2,40,48)(H2,41,44)/t25-,26+,28-,29+,30-,32+,34-,35+,36-,37+,38+,39+/m1/s1. The minimum absolute atomic E-state index is 0.00954. The van der Waals surface area contributed by atoms with Crippen LogP contribution in [0.3, 0.4) is 0 Å². The second kappa shape index (κ2) is 12.6. The summed E-state index contributed by atoms with van der Waals surface area (Å²) >= 11 is 0. The largest absolute Gasteiger partial charge is 0.380 e. The molecule has 0 unspecified atom stereocenters. The monoisotopic (exact) mass is 696 g/mol. The quantitative estimate of drug-likeness (QED) is 0.204. The SMILES string of the molecule is CC(C)[C@@H](C)[C@@]1(C)CC[C@]2(C)[C@H]3CC[C@@H]4[C@@]5(COC[C@]4(C)[C@@H](OC[C@](C)(NCC(N)=O)C(C)C)[C@H](n4nnc(N)n4)C5)C3=CC[C@@]2(C)[C@@H]1C=O. The first-order chi connectivity index (χ1) is 23.3.